The Morgan fingerprint density at radius 2 is 1.56 bits per heavy atom. The van der Waals surface area contributed by atoms with E-state index < -0.39 is 0 Å². The van der Waals surface area contributed by atoms with Gasteiger partial charge in [0, 0.05) is 32.6 Å². The molecule has 25 heavy (non-hydrogen) atoms. The lowest BCUT2D eigenvalue weighted by Crippen LogP contribution is -2.12. The molecule has 0 bridgehead atoms. The van der Waals surface area contributed by atoms with E-state index in [2.05, 4.69) is 72.0 Å². The molecule has 0 fully saturated rings. The molecule has 0 amide bonds. The second kappa shape index (κ2) is 7.28. The molecule has 1 heterocycles. The summed E-state index contributed by atoms with van der Waals surface area (Å²) in [6.45, 7) is 0.660. The number of aromatic nitrogens is 1. The third kappa shape index (κ3) is 3.27. The summed E-state index contributed by atoms with van der Waals surface area (Å²) in [7, 11) is -0.0840. The van der Waals surface area contributed by atoms with E-state index in [0.717, 1.165) is 22.2 Å². The molecule has 1 unspecified atom stereocenters. The van der Waals surface area contributed by atoms with Crippen molar-refractivity contribution in [2.45, 2.75) is 6.54 Å². The largest absolute Gasteiger partial charge is 0.376 e. The fourth-order valence-electron chi connectivity index (χ4n) is 3.21. The predicted octanol–water partition coefficient (Wildman–Crippen LogP) is 4.69. The minimum absolute atomic E-state index is 0.0840. The van der Waals surface area contributed by atoms with E-state index in [1.165, 1.54) is 16.3 Å². The summed E-state index contributed by atoms with van der Waals surface area (Å²) in [6.07, 6.45) is 0.602. The fraction of sp³-hybridized carbons (Fsp3) is 0.0952. The summed E-state index contributed by atoms with van der Waals surface area (Å²) >= 11 is 0. The van der Waals surface area contributed by atoms with Gasteiger partial charge in [-0.3, -0.25) is 4.98 Å². The maximum atomic E-state index is 8.95. The lowest BCUT2D eigenvalue weighted by molar-refractivity contribution is 0.631. The van der Waals surface area contributed by atoms with Gasteiger partial charge in [0.25, 0.3) is 0 Å². The van der Waals surface area contributed by atoms with E-state index in [1.54, 1.807) is 0 Å². The molecule has 0 radical (unpaired) electrons. The molecule has 1 atom stereocenters. The average molecular weight is 346 g/mol. The molecule has 124 valence electrons. The Labute approximate surface area is 148 Å². The number of rotatable bonds is 5. The van der Waals surface area contributed by atoms with Crippen molar-refractivity contribution in [3.8, 4) is 11.1 Å². The maximum absolute atomic E-state index is 8.95. The van der Waals surface area contributed by atoms with Crippen LogP contribution in [0.4, 0.5) is 0 Å². The Bertz CT molecular complexity index is 1030. The lowest BCUT2D eigenvalue weighted by atomic mass is 9.96. The summed E-state index contributed by atoms with van der Waals surface area (Å²) in [4.78, 5) is 13.8. The summed E-state index contributed by atoms with van der Waals surface area (Å²) in [5, 5.41) is 6.82. The van der Waals surface area contributed by atoms with Crippen LogP contribution in [0.25, 0.3) is 32.8 Å². The van der Waals surface area contributed by atoms with Crippen LogP contribution in [0, 0.1) is 0 Å². The van der Waals surface area contributed by atoms with E-state index >= 15 is 0 Å². The monoisotopic (exact) mass is 346 g/mol. The molecule has 4 aromatic rings. The molecule has 1 aromatic heterocycles. The van der Waals surface area contributed by atoms with Gasteiger partial charge in [-0.15, -0.1) is 0 Å². The summed E-state index contributed by atoms with van der Waals surface area (Å²) in [5.41, 5.74) is 4.36. The zero-order valence-electron chi connectivity index (χ0n) is 13.7. The minimum atomic E-state index is -0.0840. The first kappa shape index (κ1) is 16.2. The number of nitrogens with zero attached hydrogens (tertiary/aromatic N) is 1. The second-order valence-corrected chi connectivity index (χ2v) is 6.64. The SMILES string of the molecule is OPCNCc1ccc2cccc(-c3cccc4ccccc34)c2n1. The van der Waals surface area contributed by atoms with Gasteiger partial charge in [0.2, 0.25) is 0 Å². The third-order valence-electron chi connectivity index (χ3n) is 4.37. The number of hydrogen-bond acceptors (Lipinski definition) is 3. The van der Waals surface area contributed by atoms with Gasteiger partial charge in [0.15, 0.2) is 0 Å². The smallest absolute Gasteiger partial charge is 0.0784 e. The number of hydrogen-bond donors (Lipinski definition) is 2. The number of para-hydroxylation sites is 1. The summed E-state index contributed by atoms with van der Waals surface area (Å²) in [6, 6.07) is 25.4. The van der Waals surface area contributed by atoms with Crippen LogP contribution >= 0.6 is 8.81 Å². The van der Waals surface area contributed by atoms with Crippen LogP contribution in [-0.4, -0.2) is 16.2 Å². The van der Waals surface area contributed by atoms with Gasteiger partial charge in [-0.05, 0) is 22.4 Å². The van der Waals surface area contributed by atoms with E-state index in [0.29, 0.717) is 12.8 Å². The van der Waals surface area contributed by atoms with E-state index in [1.807, 2.05) is 6.07 Å². The predicted molar refractivity (Wildman–Crippen MR) is 107 cm³/mol. The molecule has 0 saturated carbocycles. The topological polar surface area (TPSA) is 45.1 Å². The summed E-state index contributed by atoms with van der Waals surface area (Å²) in [5.74, 6) is 0. The highest BCUT2D eigenvalue weighted by Gasteiger charge is 2.09. The number of benzene rings is 3. The van der Waals surface area contributed by atoms with Gasteiger partial charge < -0.3 is 10.2 Å². The molecule has 0 saturated heterocycles. The first-order valence-corrected chi connectivity index (χ1v) is 9.47. The van der Waals surface area contributed by atoms with Crippen LogP contribution in [0.5, 0.6) is 0 Å². The fourth-order valence-corrected chi connectivity index (χ4v) is 3.45. The zero-order valence-corrected chi connectivity index (χ0v) is 14.7. The van der Waals surface area contributed by atoms with Crippen molar-refractivity contribution >= 4 is 30.5 Å². The zero-order chi connectivity index (χ0) is 17.1. The molecule has 3 nitrogen and oxygen atoms in total. The van der Waals surface area contributed by atoms with Crippen molar-refractivity contribution in [2.24, 2.45) is 0 Å². The van der Waals surface area contributed by atoms with E-state index in [9.17, 15) is 0 Å². The molecule has 0 spiro atoms. The van der Waals surface area contributed by atoms with Gasteiger partial charge in [-0.25, -0.2) is 0 Å². The molecule has 3 aromatic carbocycles. The Balaban J connectivity index is 1.87. The van der Waals surface area contributed by atoms with Crippen LogP contribution in [-0.2, 0) is 6.54 Å². The normalized spacial score (nSPS) is 11.7. The number of nitrogens with one attached hydrogen (secondary N) is 1. The van der Waals surface area contributed by atoms with Gasteiger partial charge in [0.05, 0.1) is 11.2 Å². The van der Waals surface area contributed by atoms with Gasteiger partial charge in [0.1, 0.15) is 0 Å². The first-order chi connectivity index (χ1) is 12.4. The highest BCUT2D eigenvalue weighted by Crippen LogP contribution is 2.33. The maximum Gasteiger partial charge on any atom is 0.0784 e. The molecule has 0 aliphatic heterocycles. The Morgan fingerprint density at radius 3 is 2.44 bits per heavy atom. The van der Waals surface area contributed by atoms with E-state index in [4.69, 9.17) is 9.88 Å². The Kier molecular flexibility index (Phi) is 4.71. The van der Waals surface area contributed by atoms with Crippen molar-refractivity contribution in [2.75, 3.05) is 6.29 Å². The first-order valence-electron chi connectivity index (χ1n) is 8.31. The van der Waals surface area contributed by atoms with Crippen LogP contribution in [0.3, 0.4) is 0 Å². The average Bonchev–Trinajstić information content (AvgIpc) is 2.67. The van der Waals surface area contributed by atoms with Crippen LogP contribution in [0.1, 0.15) is 5.69 Å². The Morgan fingerprint density at radius 1 is 0.800 bits per heavy atom. The molecule has 4 rings (SSSR count). The highest BCUT2D eigenvalue weighted by molar-refractivity contribution is 7.30. The van der Waals surface area contributed by atoms with E-state index in [-0.39, 0.29) is 8.81 Å². The van der Waals surface area contributed by atoms with Gasteiger partial charge >= 0.3 is 0 Å². The molecule has 2 N–H and O–H groups in total. The lowest BCUT2D eigenvalue weighted by Gasteiger charge is -2.11. The number of fused-ring (bicyclic) bond motifs is 2. The van der Waals surface area contributed by atoms with Crippen LogP contribution in [0.15, 0.2) is 72.8 Å². The number of pyridine rings is 1. The molecule has 0 aliphatic carbocycles. The van der Waals surface area contributed by atoms with Crippen LogP contribution in [0.2, 0.25) is 0 Å². The second-order valence-electron chi connectivity index (χ2n) is 5.97. The minimum Gasteiger partial charge on any atom is -0.376 e. The quantitative estimate of drug-likeness (QED) is 0.407. The van der Waals surface area contributed by atoms with Crippen molar-refractivity contribution in [1.82, 2.24) is 10.3 Å². The Hall–Kier alpha value is -2.32. The molecule has 4 heteroatoms. The van der Waals surface area contributed by atoms with Crippen molar-refractivity contribution in [1.29, 1.82) is 0 Å². The highest BCUT2D eigenvalue weighted by atomic mass is 31.1. The molecule has 0 aliphatic rings. The standard InChI is InChI=1S/C21H19N2OP/c24-25-14-22-13-17-12-11-16-7-4-10-20(21(16)23-17)19-9-3-6-15-5-1-2-8-18(15)19/h1-12,22,24-25H,13-14H2. The van der Waals surface area contributed by atoms with Crippen molar-refractivity contribution < 1.29 is 4.89 Å². The summed E-state index contributed by atoms with van der Waals surface area (Å²) < 4.78 is 0. The third-order valence-corrected chi connectivity index (χ3v) is 4.78. The van der Waals surface area contributed by atoms with Gasteiger partial charge in [-0.2, -0.15) is 0 Å². The molecular formula is C21H19N2OP. The van der Waals surface area contributed by atoms with Gasteiger partial charge in [-0.1, -0.05) is 66.7 Å². The molecular weight excluding hydrogens is 327 g/mol. The van der Waals surface area contributed by atoms with Crippen LogP contribution < -0.4 is 5.32 Å². The van der Waals surface area contributed by atoms with Crippen molar-refractivity contribution in [3.63, 3.8) is 0 Å². The van der Waals surface area contributed by atoms with Crippen molar-refractivity contribution in [3.05, 3.63) is 78.5 Å².